The van der Waals surface area contributed by atoms with Crippen molar-refractivity contribution < 1.29 is 14.3 Å². The Hall–Kier alpha value is -0.750. The third-order valence-corrected chi connectivity index (χ3v) is 5.13. The van der Waals surface area contributed by atoms with Crippen molar-refractivity contribution in [1.29, 1.82) is 0 Å². The zero-order chi connectivity index (χ0) is 14.5. The van der Waals surface area contributed by atoms with Crippen LogP contribution in [0.4, 0.5) is 0 Å². The number of nitrogens with zero attached hydrogens (tertiary/aromatic N) is 1. The number of nitrogens with two attached hydrogens (primary N) is 1. The van der Waals surface area contributed by atoms with Crippen LogP contribution in [-0.4, -0.2) is 53.5 Å². The van der Waals surface area contributed by atoms with Crippen LogP contribution < -0.4 is 5.73 Å². The van der Waals surface area contributed by atoms with Crippen LogP contribution in [0.1, 0.15) is 32.6 Å². The molecule has 1 aliphatic carbocycles. The maximum atomic E-state index is 12.7. The van der Waals surface area contributed by atoms with E-state index in [9.17, 15) is 9.59 Å². The molecule has 0 spiro atoms. The fourth-order valence-corrected chi connectivity index (χ4v) is 4.01. The van der Waals surface area contributed by atoms with E-state index in [1.165, 1.54) is 0 Å². The lowest BCUT2D eigenvalue weighted by atomic mass is 9.84. The van der Waals surface area contributed by atoms with Gasteiger partial charge in [0.15, 0.2) is 0 Å². The molecule has 1 saturated carbocycles. The standard InChI is InChI=1S/C14H24N2O3S/c1-2-19-14(18)12-9-20-8-7-16(12)13(17)10-5-3-4-6-11(10)15/h10-12H,2-9,15H2,1H3. The van der Waals surface area contributed by atoms with Crippen molar-refractivity contribution >= 4 is 23.6 Å². The quantitative estimate of drug-likeness (QED) is 0.788. The summed E-state index contributed by atoms with van der Waals surface area (Å²) in [5.74, 6) is 1.16. The highest BCUT2D eigenvalue weighted by Gasteiger charge is 2.39. The van der Waals surface area contributed by atoms with E-state index in [0.29, 0.717) is 18.9 Å². The first-order chi connectivity index (χ1) is 9.65. The molecule has 3 unspecified atom stereocenters. The Balaban J connectivity index is 2.06. The Morgan fingerprint density at radius 3 is 2.80 bits per heavy atom. The van der Waals surface area contributed by atoms with Gasteiger partial charge in [0.1, 0.15) is 6.04 Å². The number of hydrogen-bond acceptors (Lipinski definition) is 5. The van der Waals surface area contributed by atoms with Gasteiger partial charge in [-0.05, 0) is 19.8 Å². The van der Waals surface area contributed by atoms with E-state index in [4.69, 9.17) is 10.5 Å². The molecule has 2 fully saturated rings. The van der Waals surface area contributed by atoms with E-state index in [-0.39, 0.29) is 23.8 Å². The number of rotatable bonds is 3. The minimum absolute atomic E-state index is 0.0514. The molecule has 1 heterocycles. The van der Waals surface area contributed by atoms with E-state index in [1.807, 2.05) is 0 Å². The van der Waals surface area contributed by atoms with Gasteiger partial charge in [-0.15, -0.1) is 0 Å². The number of carbonyl (C=O) groups excluding carboxylic acids is 2. The summed E-state index contributed by atoms with van der Waals surface area (Å²) < 4.78 is 5.10. The molecule has 1 saturated heterocycles. The van der Waals surface area contributed by atoms with Crippen molar-refractivity contribution in [2.24, 2.45) is 11.7 Å². The maximum Gasteiger partial charge on any atom is 0.329 e. The number of esters is 1. The summed E-state index contributed by atoms with van der Waals surface area (Å²) in [5, 5.41) is 0. The average Bonchev–Trinajstić information content (AvgIpc) is 2.47. The molecule has 0 aromatic heterocycles. The van der Waals surface area contributed by atoms with Crippen molar-refractivity contribution in [2.75, 3.05) is 24.7 Å². The molecule has 3 atom stereocenters. The molecule has 114 valence electrons. The zero-order valence-corrected chi connectivity index (χ0v) is 12.9. The van der Waals surface area contributed by atoms with Crippen LogP contribution in [0.2, 0.25) is 0 Å². The van der Waals surface area contributed by atoms with Gasteiger partial charge in [-0.3, -0.25) is 4.79 Å². The summed E-state index contributed by atoms with van der Waals surface area (Å²) in [4.78, 5) is 26.4. The summed E-state index contributed by atoms with van der Waals surface area (Å²) in [7, 11) is 0. The van der Waals surface area contributed by atoms with Gasteiger partial charge in [-0.2, -0.15) is 11.8 Å². The molecule has 2 rings (SSSR count). The third kappa shape index (κ3) is 3.47. The lowest BCUT2D eigenvalue weighted by molar-refractivity contribution is -0.155. The Morgan fingerprint density at radius 1 is 1.35 bits per heavy atom. The zero-order valence-electron chi connectivity index (χ0n) is 12.0. The molecule has 2 aliphatic rings. The van der Waals surface area contributed by atoms with E-state index in [1.54, 1.807) is 23.6 Å². The van der Waals surface area contributed by atoms with Crippen molar-refractivity contribution in [2.45, 2.75) is 44.7 Å². The second-order valence-electron chi connectivity index (χ2n) is 5.43. The number of thioether (sulfide) groups is 1. The van der Waals surface area contributed by atoms with Gasteiger partial charge in [0.05, 0.1) is 12.5 Å². The van der Waals surface area contributed by atoms with Crippen LogP contribution in [0.15, 0.2) is 0 Å². The van der Waals surface area contributed by atoms with Crippen LogP contribution in [0.5, 0.6) is 0 Å². The van der Waals surface area contributed by atoms with Crippen molar-refractivity contribution in [3.63, 3.8) is 0 Å². The molecule has 6 heteroatoms. The van der Waals surface area contributed by atoms with Gasteiger partial charge < -0.3 is 15.4 Å². The lowest BCUT2D eigenvalue weighted by Gasteiger charge is -2.38. The highest BCUT2D eigenvalue weighted by atomic mass is 32.2. The van der Waals surface area contributed by atoms with Crippen molar-refractivity contribution in [3.8, 4) is 0 Å². The van der Waals surface area contributed by atoms with Crippen LogP contribution in [-0.2, 0) is 14.3 Å². The molecule has 0 aromatic carbocycles. The normalized spacial score (nSPS) is 30.9. The van der Waals surface area contributed by atoms with Gasteiger partial charge in [-0.1, -0.05) is 12.8 Å². The van der Waals surface area contributed by atoms with Gasteiger partial charge in [0.2, 0.25) is 5.91 Å². The third-order valence-electron chi connectivity index (χ3n) is 4.11. The highest BCUT2D eigenvalue weighted by molar-refractivity contribution is 7.99. The molecule has 1 amide bonds. The Morgan fingerprint density at radius 2 is 2.10 bits per heavy atom. The van der Waals surface area contributed by atoms with Crippen LogP contribution in [0.25, 0.3) is 0 Å². The smallest absolute Gasteiger partial charge is 0.329 e. The molecule has 0 bridgehead atoms. The molecule has 0 radical (unpaired) electrons. The minimum atomic E-state index is -0.435. The predicted molar refractivity (Wildman–Crippen MR) is 79.4 cm³/mol. The lowest BCUT2D eigenvalue weighted by Crippen LogP contribution is -2.55. The van der Waals surface area contributed by atoms with Crippen LogP contribution in [0, 0.1) is 5.92 Å². The van der Waals surface area contributed by atoms with E-state index in [2.05, 4.69) is 0 Å². The molecule has 20 heavy (non-hydrogen) atoms. The molecule has 2 N–H and O–H groups in total. The SMILES string of the molecule is CCOC(=O)C1CSCCN1C(=O)C1CCCCC1N. The minimum Gasteiger partial charge on any atom is -0.464 e. The molecular weight excluding hydrogens is 276 g/mol. The highest BCUT2D eigenvalue weighted by Crippen LogP contribution is 2.27. The number of hydrogen-bond donors (Lipinski definition) is 1. The monoisotopic (exact) mass is 300 g/mol. The van der Waals surface area contributed by atoms with Gasteiger partial charge >= 0.3 is 5.97 Å². The Bertz CT molecular complexity index is 364. The predicted octanol–water partition coefficient (Wildman–Crippen LogP) is 1.01. The van der Waals surface area contributed by atoms with E-state index < -0.39 is 6.04 Å². The summed E-state index contributed by atoms with van der Waals surface area (Å²) in [6.07, 6.45) is 3.90. The fraction of sp³-hybridized carbons (Fsp3) is 0.857. The average molecular weight is 300 g/mol. The van der Waals surface area contributed by atoms with Crippen LogP contribution >= 0.6 is 11.8 Å². The van der Waals surface area contributed by atoms with E-state index in [0.717, 1.165) is 31.4 Å². The summed E-state index contributed by atoms with van der Waals surface area (Å²) in [6.45, 7) is 2.76. The number of carbonyl (C=O) groups is 2. The molecule has 0 aromatic rings. The maximum absolute atomic E-state index is 12.7. The number of ether oxygens (including phenoxy) is 1. The van der Waals surface area contributed by atoms with Crippen molar-refractivity contribution in [3.05, 3.63) is 0 Å². The summed E-state index contributed by atoms with van der Waals surface area (Å²) in [6, 6.07) is -0.496. The molecular formula is C14H24N2O3S. The fourth-order valence-electron chi connectivity index (χ4n) is 2.98. The topological polar surface area (TPSA) is 72.6 Å². The van der Waals surface area contributed by atoms with Gasteiger partial charge in [0, 0.05) is 24.1 Å². The molecule has 5 nitrogen and oxygen atoms in total. The van der Waals surface area contributed by atoms with Crippen LogP contribution in [0.3, 0.4) is 0 Å². The second kappa shape index (κ2) is 7.31. The van der Waals surface area contributed by atoms with Gasteiger partial charge in [-0.25, -0.2) is 4.79 Å². The van der Waals surface area contributed by atoms with Gasteiger partial charge in [0.25, 0.3) is 0 Å². The van der Waals surface area contributed by atoms with E-state index >= 15 is 0 Å². The van der Waals surface area contributed by atoms with Crippen molar-refractivity contribution in [1.82, 2.24) is 4.90 Å². The Kier molecular flexibility index (Phi) is 5.72. The number of amides is 1. The first kappa shape index (κ1) is 15.6. The first-order valence-corrected chi connectivity index (χ1v) is 8.61. The Labute approximate surface area is 124 Å². The summed E-state index contributed by atoms with van der Waals surface area (Å²) >= 11 is 1.70. The second-order valence-corrected chi connectivity index (χ2v) is 6.58. The molecule has 1 aliphatic heterocycles. The first-order valence-electron chi connectivity index (χ1n) is 7.45. The largest absolute Gasteiger partial charge is 0.464 e. The summed E-state index contributed by atoms with van der Waals surface area (Å²) in [5.41, 5.74) is 6.10.